The lowest BCUT2D eigenvalue weighted by Gasteiger charge is -2.59. The number of anilines is 2. The first kappa shape index (κ1) is 35.4. The molecular formula is C40H45F3N6O5. The van der Waals surface area contributed by atoms with Crippen molar-refractivity contribution in [1.82, 2.24) is 25.3 Å². The number of carboxylic acid groups (broad SMARTS) is 1. The molecule has 286 valence electrons. The van der Waals surface area contributed by atoms with Crippen LogP contribution in [-0.4, -0.2) is 68.3 Å². The molecule has 4 heterocycles. The number of carbonyl (C=O) groups is 2. The number of hydrogen-bond donors (Lipinski definition) is 2. The number of halogens is 3. The Hall–Kier alpha value is -4.33. The van der Waals surface area contributed by atoms with E-state index in [9.17, 15) is 19.1 Å². The van der Waals surface area contributed by atoms with E-state index in [2.05, 4.69) is 25.3 Å². The van der Waals surface area contributed by atoms with Crippen molar-refractivity contribution >= 4 is 23.5 Å². The average molecular weight is 747 g/mol. The van der Waals surface area contributed by atoms with Gasteiger partial charge in [-0.3, -0.25) is 4.79 Å². The molecule has 2 aliphatic heterocycles. The summed E-state index contributed by atoms with van der Waals surface area (Å²) in [6, 6.07) is 5.85. The van der Waals surface area contributed by atoms with Crippen LogP contribution in [0.2, 0.25) is 0 Å². The third-order valence-electron chi connectivity index (χ3n) is 13.5. The number of aromatic nitrogens is 4. The SMILES string of the molecule is CC(F)(F)c1nc(N2CC3(CCOCC3)c3cc(OC4CCC(c5ncc(F)cn5)CC4)ccc32)ncc1C(=O)NC1(C(=O)O)C2CC3CC(C2)CC1C3. The highest BCUT2D eigenvalue weighted by Gasteiger charge is 2.62. The van der Waals surface area contributed by atoms with Crippen molar-refractivity contribution in [2.45, 2.75) is 106 Å². The molecule has 1 spiro atoms. The maximum Gasteiger partial charge on any atom is 0.330 e. The number of fused-ring (bicyclic) bond motifs is 2. The molecule has 0 radical (unpaired) electrons. The minimum Gasteiger partial charge on any atom is -0.490 e. The molecule has 10 rings (SSSR count). The Morgan fingerprint density at radius 2 is 1.63 bits per heavy atom. The Labute approximate surface area is 311 Å². The number of amides is 1. The van der Waals surface area contributed by atoms with E-state index in [-0.39, 0.29) is 35.2 Å². The summed E-state index contributed by atoms with van der Waals surface area (Å²) in [5, 5.41) is 13.4. The topological polar surface area (TPSA) is 140 Å². The quantitative estimate of drug-likeness (QED) is 0.252. The first-order chi connectivity index (χ1) is 25.9. The fourth-order valence-corrected chi connectivity index (χ4v) is 11.0. The second kappa shape index (κ2) is 13.2. The highest BCUT2D eigenvalue weighted by atomic mass is 19.3. The highest BCUT2D eigenvalue weighted by molar-refractivity contribution is 5.99. The molecule has 0 atom stereocenters. The molecule has 5 saturated carbocycles. The van der Waals surface area contributed by atoms with Crippen molar-refractivity contribution in [1.29, 1.82) is 0 Å². The molecule has 5 aliphatic carbocycles. The van der Waals surface area contributed by atoms with Gasteiger partial charge in [0.25, 0.3) is 11.8 Å². The number of nitrogens with one attached hydrogen (secondary N) is 1. The van der Waals surface area contributed by atoms with Gasteiger partial charge in [-0.1, -0.05) is 0 Å². The van der Waals surface area contributed by atoms with Crippen molar-refractivity contribution in [2.75, 3.05) is 24.7 Å². The summed E-state index contributed by atoms with van der Waals surface area (Å²) in [7, 11) is 0. The summed E-state index contributed by atoms with van der Waals surface area (Å²) in [5.41, 5.74) is -1.20. The van der Waals surface area contributed by atoms with E-state index >= 15 is 8.78 Å². The number of alkyl halides is 2. The van der Waals surface area contributed by atoms with Crippen LogP contribution in [0.5, 0.6) is 5.75 Å². The maximum absolute atomic E-state index is 15.5. The maximum atomic E-state index is 15.5. The van der Waals surface area contributed by atoms with Gasteiger partial charge in [0.05, 0.1) is 24.1 Å². The number of rotatable bonds is 8. The Morgan fingerprint density at radius 3 is 2.26 bits per heavy atom. The molecule has 2 aromatic heterocycles. The van der Waals surface area contributed by atoms with Gasteiger partial charge in [-0.2, -0.15) is 8.78 Å². The molecule has 6 fully saturated rings. The van der Waals surface area contributed by atoms with Crippen molar-refractivity contribution in [3.05, 3.63) is 65.3 Å². The van der Waals surface area contributed by atoms with Crippen LogP contribution in [0.15, 0.2) is 36.8 Å². The smallest absolute Gasteiger partial charge is 0.330 e. The predicted molar refractivity (Wildman–Crippen MR) is 189 cm³/mol. The molecule has 7 aliphatic rings. The van der Waals surface area contributed by atoms with Crippen LogP contribution in [0.25, 0.3) is 0 Å². The second-order valence-corrected chi connectivity index (χ2v) is 16.8. The number of ether oxygens (including phenoxy) is 2. The Bertz CT molecular complexity index is 1910. The van der Waals surface area contributed by atoms with Gasteiger partial charge in [0.2, 0.25) is 5.95 Å². The summed E-state index contributed by atoms with van der Waals surface area (Å²) in [4.78, 5) is 46.0. The lowest BCUT2D eigenvalue weighted by Crippen LogP contribution is -2.70. The number of benzene rings is 1. The molecular weight excluding hydrogens is 701 g/mol. The zero-order valence-corrected chi connectivity index (χ0v) is 30.3. The first-order valence-electron chi connectivity index (χ1n) is 19.4. The number of carbonyl (C=O) groups excluding carboxylic acids is 1. The molecule has 1 saturated heterocycles. The number of aliphatic carboxylic acids is 1. The van der Waals surface area contributed by atoms with Crippen molar-refractivity contribution in [2.24, 2.45) is 23.7 Å². The van der Waals surface area contributed by atoms with Gasteiger partial charge in [-0.15, -0.1) is 0 Å². The first-order valence-corrected chi connectivity index (χ1v) is 19.4. The van der Waals surface area contributed by atoms with Crippen LogP contribution in [0.1, 0.15) is 111 Å². The molecule has 4 bridgehead atoms. The standard InChI is InChI=1S/C40H45F3N6O5/c1-38(42,43)33-30(35(50)48-40(36(51)52)25-13-22-12-23(15-25)16-26(40)14-22)20-46-37(47-33)49-21-39(8-10-53-11-9-39)31-17-29(6-7-32(31)49)54-28-4-2-24(3-5-28)34-44-18-27(41)19-45-34/h6-7,17-20,22-26,28H,2-5,8-16,21H2,1H3,(H,48,50)(H,51,52). The van der Waals surface area contributed by atoms with Crippen LogP contribution < -0.4 is 15.0 Å². The van der Waals surface area contributed by atoms with E-state index in [1.807, 2.05) is 23.1 Å². The summed E-state index contributed by atoms with van der Waals surface area (Å²) < 4.78 is 56.5. The molecule has 1 aromatic carbocycles. The zero-order valence-electron chi connectivity index (χ0n) is 30.3. The van der Waals surface area contributed by atoms with E-state index in [0.717, 1.165) is 49.6 Å². The fourth-order valence-electron chi connectivity index (χ4n) is 11.0. The van der Waals surface area contributed by atoms with E-state index in [1.165, 1.54) is 12.4 Å². The lowest BCUT2D eigenvalue weighted by atomic mass is 9.48. The minimum absolute atomic E-state index is 0.0154. The van der Waals surface area contributed by atoms with Gasteiger partial charge in [-0.25, -0.2) is 29.1 Å². The Balaban J connectivity index is 0.980. The Morgan fingerprint density at radius 1 is 0.963 bits per heavy atom. The van der Waals surface area contributed by atoms with Gasteiger partial charge < -0.3 is 24.8 Å². The van der Waals surface area contributed by atoms with E-state index in [1.54, 1.807) is 0 Å². The molecule has 54 heavy (non-hydrogen) atoms. The van der Waals surface area contributed by atoms with Gasteiger partial charge >= 0.3 is 5.97 Å². The van der Waals surface area contributed by atoms with E-state index in [0.29, 0.717) is 88.6 Å². The van der Waals surface area contributed by atoms with Gasteiger partial charge in [0.15, 0.2) is 5.82 Å². The Kier molecular flexibility index (Phi) is 8.62. The van der Waals surface area contributed by atoms with Crippen LogP contribution in [0, 0.1) is 29.5 Å². The third kappa shape index (κ3) is 5.99. The summed E-state index contributed by atoms with van der Waals surface area (Å²) in [6.45, 7) is 2.22. The third-order valence-corrected chi connectivity index (χ3v) is 13.5. The summed E-state index contributed by atoms with van der Waals surface area (Å²) >= 11 is 0. The largest absolute Gasteiger partial charge is 0.490 e. The predicted octanol–water partition coefficient (Wildman–Crippen LogP) is 6.83. The number of hydrogen-bond acceptors (Lipinski definition) is 9. The molecule has 2 N–H and O–H groups in total. The molecule has 3 aromatic rings. The fraction of sp³-hybridized carbons (Fsp3) is 0.600. The normalized spacial score (nSPS) is 31.0. The number of carboxylic acids is 1. The monoisotopic (exact) mass is 746 g/mol. The van der Waals surface area contributed by atoms with E-state index < -0.39 is 40.4 Å². The van der Waals surface area contributed by atoms with Crippen molar-refractivity contribution in [3.63, 3.8) is 0 Å². The molecule has 11 nitrogen and oxygen atoms in total. The summed E-state index contributed by atoms with van der Waals surface area (Å²) in [5.74, 6) is -3.95. The van der Waals surface area contributed by atoms with Crippen molar-refractivity contribution in [3.8, 4) is 5.75 Å². The minimum atomic E-state index is -3.51. The van der Waals surface area contributed by atoms with Crippen molar-refractivity contribution < 1.29 is 37.3 Å². The van der Waals surface area contributed by atoms with Crippen LogP contribution >= 0.6 is 0 Å². The summed E-state index contributed by atoms with van der Waals surface area (Å²) in [6.07, 6.45) is 12.1. The average Bonchev–Trinajstić information content (AvgIpc) is 3.45. The van der Waals surface area contributed by atoms with Crippen LogP contribution in [0.4, 0.5) is 24.8 Å². The molecule has 14 heteroatoms. The highest BCUT2D eigenvalue weighted by Crippen LogP contribution is 2.58. The second-order valence-electron chi connectivity index (χ2n) is 16.8. The zero-order chi connectivity index (χ0) is 37.4. The van der Waals surface area contributed by atoms with Crippen LogP contribution in [0.3, 0.4) is 0 Å². The van der Waals surface area contributed by atoms with Crippen LogP contribution in [-0.2, 0) is 20.9 Å². The lowest BCUT2D eigenvalue weighted by molar-refractivity contribution is -0.163. The van der Waals surface area contributed by atoms with E-state index in [4.69, 9.17) is 9.47 Å². The van der Waals surface area contributed by atoms with Gasteiger partial charge in [-0.05, 0) is 118 Å². The number of nitrogens with zero attached hydrogens (tertiary/aromatic N) is 5. The molecule has 0 unspecified atom stereocenters. The van der Waals surface area contributed by atoms with Gasteiger partial charge in [0, 0.05) is 49.9 Å². The van der Waals surface area contributed by atoms with Gasteiger partial charge in [0.1, 0.15) is 22.8 Å². The molecule has 1 amide bonds.